The van der Waals surface area contributed by atoms with Crippen molar-refractivity contribution in [3.05, 3.63) is 0 Å². The van der Waals surface area contributed by atoms with Gasteiger partial charge in [0.25, 0.3) is 0 Å². The van der Waals surface area contributed by atoms with Gasteiger partial charge >= 0.3 is 13.8 Å². The number of phosphoric acid groups is 1. The van der Waals surface area contributed by atoms with Gasteiger partial charge in [0.15, 0.2) is 6.10 Å². The van der Waals surface area contributed by atoms with Crippen LogP contribution in [-0.4, -0.2) is 72.3 Å². The van der Waals surface area contributed by atoms with Crippen LogP contribution in [0.5, 0.6) is 0 Å². The Balaban J connectivity index is 4.34. The van der Waals surface area contributed by atoms with Gasteiger partial charge < -0.3 is 35.3 Å². The number of aliphatic carboxylic acids is 1. The van der Waals surface area contributed by atoms with E-state index < -0.39 is 44.8 Å². The molecule has 0 aliphatic heterocycles. The van der Waals surface area contributed by atoms with Gasteiger partial charge in [-0.1, -0.05) is 0 Å². The third-order valence-corrected chi connectivity index (χ3v) is 2.22. The summed E-state index contributed by atoms with van der Waals surface area (Å²) in [6, 6.07) is 0. The average molecular weight is 276 g/mol. The highest BCUT2D eigenvalue weighted by Gasteiger charge is 2.35. The Morgan fingerprint density at radius 3 is 1.94 bits per heavy atom. The smallest absolute Gasteiger partial charge is 0.469 e. The van der Waals surface area contributed by atoms with Crippen LogP contribution in [0.3, 0.4) is 0 Å². The lowest BCUT2D eigenvalue weighted by Gasteiger charge is -2.24. The van der Waals surface area contributed by atoms with Gasteiger partial charge in [-0.15, -0.1) is 0 Å². The van der Waals surface area contributed by atoms with Crippen molar-refractivity contribution in [2.75, 3.05) is 6.61 Å². The van der Waals surface area contributed by atoms with Gasteiger partial charge in [0, 0.05) is 0 Å². The second-order valence-corrected chi connectivity index (χ2v) is 4.36. The van der Waals surface area contributed by atoms with Crippen molar-refractivity contribution >= 4 is 13.8 Å². The topological polar surface area (TPSA) is 185 Å². The standard InChI is InChI=1S/C6H13O10P/c7-2(1-16-17(13,14)15)3(8)4(9)5(10)6(11)12/h2-5,7-10H,1H2,(H,11,12)(H2,13,14,15)/t2-,3-,4+,5+/m0/s1. The van der Waals surface area contributed by atoms with Crippen LogP contribution in [0.1, 0.15) is 0 Å². The van der Waals surface area contributed by atoms with Crippen LogP contribution in [0.15, 0.2) is 0 Å². The first-order valence-corrected chi connectivity index (χ1v) is 5.74. The number of hydrogen-bond donors (Lipinski definition) is 7. The Morgan fingerprint density at radius 2 is 1.59 bits per heavy atom. The molecule has 0 aromatic carbocycles. The number of aliphatic hydroxyl groups excluding tert-OH is 4. The first-order chi connectivity index (χ1) is 7.56. The lowest BCUT2D eigenvalue weighted by atomic mass is 10.0. The van der Waals surface area contributed by atoms with E-state index in [1.165, 1.54) is 0 Å². The maximum Gasteiger partial charge on any atom is 0.469 e. The fourth-order valence-electron chi connectivity index (χ4n) is 0.833. The minimum atomic E-state index is -4.86. The van der Waals surface area contributed by atoms with Crippen LogP contribution < -0.4 is 0 Å². The number of aliphatic hydroxyl groups is 4. The highest BCUT2D eigenvalue weighted by Crippen LogP contribution is 2.35. The van der Waals surface area contributed by atoms with E-state index in [0.29, 0.717) is 0 Å². The van der Waals surface area contributed by atoms with E-state index in [2.05, 4.69) is 4.52 Å². The van der Waals surface area contributed by atoms with Crippen LogP contribution in [0.4, 0.5) is 0 Å². The maximum absolute atomic E-state index is 10.2. The maximum atomic E-state index is 10.2. The van der Waals surface area contributed by atoms with E-state index in [1.54, 1.807) is 0 Å². The van der Waals surface area contributed by atoms with Crippen molar-refractivity contribution in [2.45, 2.75) is 24.4 Å². The molecule has 7 N–H and O–H groups in total. The molecule has 0 saturated heterocycles. The molecule has 17 heavy (non-hydrogen) atoms. The summed E-state index contributed by atoms with van der Waals surface area (Å²) in [7, 11) is -4.86. The molecule has 0 aromatic rings. The van der Waals surface area contributed by atoms with Gasteiger partial charge in [0.2, 0.25) is 0 Å². The molecule has 0 saturated carbocycles. The molecule has 0 spiro atoms. The predicted molar refractivity (Wildman–Crippen MR) is 49.7 cm³/mol. The second-order valence-electron chi connectivity index (χ2n) is 3.12. The first-order valence-electron chi connectivity index (χ1n) is 4.21. The van der Waals surface area contributed by atoms with Gasteiger partial charge in [-0.2, -0.15) is 0 Å². The monoisotopic (exact) mass is 276 g/mol. The van der Waals surface area contributed by atoms with Crippen molar-refractivity contribution in [1.82, 2.24) is 0 Å². The SMILES string of the molecule is O=C(O)[C@H](O)[C@H](O)[C@@H](O)[C@@H](O)COP(=O)(O)O. The van der Waals surface area contributed by atoms with E-state index in [-0.39, 0.29) is 0 Å². The zero-order valence-corrected chi connectivity index (χ0v) is 9.21. The molecule has 0 amide bonds. The Hall–Kier alpha value is -0.580. The summed E-state index contributed by atoms with van der Waals surface area (Å²) in [5.74, 6) is -1.83. The van der Waals surface area contributed by atoms with E-state index in [9.17, 15) is 9.36 Å². The summed E-state index contributed by atoms with van der Waals surface area (Å²) in [5.41, 5.74) is 0. The summed E-state index contributed by atoms with van der Waals surface area (Å²) < 4.78 is 14.1. The van der Waals surface area contributed by atoms with Gasteiger partial charge in [0.1, 0.15) is 18.3 Å². The predicted octanol–water partition coefficient (Wildman–Crippen LogP) is -3.38. The molecule has 0 aliphatic rings. The molecule has 102 valence electrons. The zero-order chi connectivity index (χ0) is 13.8. The van der Waals surface area contributed by atoms with E-state index in [0.717, 1.165) is 0 Å². The number of carboxylic acid groups (broad SMARTS) is 1. The van der Waals surface area contributed by atoms with Gasteiger partial charge in [-0.05, 0) is 0 Å². The number of carbonyl (C=O) groups is 1. The summed E-state index contributed by atoms with van der Waals surface area (Å²) >= 11 is 0. The largest absolute Gasteiger partial charge is 0.479 e. The van der Waals surface area contributed by atoms with Crippen molar-refractivity contribution in [1.29, 1.82) is 0 Å². The summed E-state index contributed by atoms with van der Waals surface area (Å²) in [4.78, 5) is 26.8. The van der Waals surface area contributed by atoms with Gasteiger partial charge in [-0.3, -0.25) is 4.52 Å². The van der Waals surface area contributed by atoms with Gasteiger partial charge in [-0.25, -0.2) is 9.36 Å². The third kappa shape index (κ3) is 6.05. The minimum Gasteiger partial charge on any atom is -0.479 e. The van der Waals surface area contributed by atoms with Crippen molar-refractivity contribution in [3.8, 4) is 0 Å². The lowest BCUT2D eigenvalue weighted by Crippen LogP contribution is -2.48. The zero-order valence-electron chi connectivity index (χ0n) is 8.32. The second kappa shape index (κ2) is 6.38. The van der Waals surface area contributed by atoms with Crippen molar-refractivity contribution in [3.63, 3.8) is 0 Å². The van der Waals surface area contributed by atoms with E-state index in [4.69, 9.17) is 35.3 Å². The molecule has 4 atom stereocenters. The van der Waals surface area contributed by atoms with Crippen LogP contribution in [0.2, 0.25) is 0 Å². The molecule has 0 aliphatic carbocycles. The molecule has 0 fully saturated rings. The van der Waals surface area contributed by atoms with E-state index in [1.807, 2.05) is 0 Å². The van der Waals surface area contributed by atoms with Crippen molar-refractivity contribution < 1.29 is 49.2 Å². The molecular weight excluding hydrogens is 263 g/mol. The number of carboxylic acids is 1. The third-order valence-electron chi connectivity index (χ3n) is 1.73. The lowest BCUT2D eigenvalue weighted by molar-refractivity contribution is -0.164. The van der Waals surface area contributed by atoms with E-state index >= 15 is 0 Å². The fourth-order valence-corrected chi connectivity index (χ4v) is 1.18. The molecule has 11 heteroatoms. The highest BCUT2D eigenvalue weighted by molar-refractivity contribution is 7.46. The van der Waals surface area contributed by atoms with Crippen molar-refractivity contribution in [2.24, 2.45) is 0 Å². The van der Waals surface area contributed by atoms with Crippen LogP contribution in [0.25, 0.3) is 0 Å². The normalized spacial score (nSPS) is 19.4. The number of hydrogen-bond acceptors (Lipinski definition) is 7. The number of rotatable bonds is 7. The Kier molecular flexibility index (Phi) is 6.16. The minimum absolute atomic E-state index is 1.05. The van der Waals surface area contributed by atoms with Gasteiger partial charge in [0.05, 0.1) is 6.61 Å². The van der Waals surface area contributed by atoms with Crippen LogP contribution in [-0.2, 0) is 13.9 Å². The van der Waals surface area contributed by atoms with Crippen LogP contribution in [0, 0.1) is 0 Å². The molecule has 0 rings (SSSR count). The Bertz CT molecular complexity index is 299. The molecule has 0 aromatic heterocycles. The molecule has 10 nitrogen and oxygen atoms in total. The highest BCUT2D eigenvalue weighted by atomic mass is 31.2. The quantitative estimate of drug-likeness (QED) is 0.231. The Labute approximate surface area is 94.9 Å². The Morgan fingerprint density at radius 1 is 1.12 bits per heavy atom. The molecule has 0 bridgehead atoms. The van der Waals surface area contributed by atoms with Crippen LogP contribution >= 0.6 is 7.82 Å². The molecule has 0 unspecified atom stereocenters. The molecule has 0 heterocycles. The average Bonchev–Trinajstić information content (AvgIpc) is 2.21. The summed E-state index contributed by atoms with van der Waals surface area (Å²) in [6.45, 7) is -1.05. The molecule has 0 radical (unpaired) electrons. The fraction of sp³-hybridized carbons (Fsp3) is 0.833. The first kappa shape index (κ1) is 16.4. The molecular formula is C6H13O10P. The summed E-state index contributed by atoms with van der Waals surface area (Å²) in [6.07, 6.45) is -8.71. The number of phosphoric ester groups is 1. The summed E-state index contributed by atoms with van der Waals surface area (Å²) in [5, 5.41) is 44.4.